The van der Waals surface area contributed by atoms with Crippen LogP contribution in [0, 0.1) is 5.92 Å². The van der Waals surface area contributed by atoms with Crippen LogP contribution in [0.4, 0.5) is 0 Å². The van der Waals surface area contributed by atoms with Crippen molar-refractivity contribution in [1.29, 1.82) is 0 Å². The van der Waals surface area contributed by atoms with Gasteiger partial charge in [-0.1, -0.05) is 19.9 Å². The van der Waals surface area contributed by atoms with Gasteiger partial charge in [0.05, 0.1) is 0 Å². The largest absolute Gasteiger partial charge is 0.486 e. The Balaban J connectivity index is 2.28. The van der Waals surface area contributed by atoms with Crippen LogP contribution in [0.5, 0.6) is 11.5 Å². The maximum Gasteiger partial charge on any atom is 0.161 e. The normalized spacial score (nSPS) is 16.2. The molecule has 0 amide bonds. The van der Waals surface area contributed by atoms with E-state index in [1.807, 2.05) is 6.07 Å². The molecule has 1 aromatic rings. The quantitative estimate of drug-likeness (QED) is 0.850. The molecule has 3 heteroatoms. The highest BCUT2D eigenvalue weighted by Gasteiger charge is 2.18. The summed E-state index contributed by atoms with van der Waals surface area (Å²) in [4.78, 5) is 0. The molecule has 0 aromatic heterocycles. The lowest BCUT2D eigenvalue weighted by Gasteiger charge is -2.23. The van der Waals surface area contributed by atoms with Gasteiger partial charge in [-0.3, -0.25) is 0 Å². The third-order valence-corrected chi connectivity index (χ3v) is 3.05. The minimum absolute atomic E-state index is 0.385. The van der Waals surface area contributed by atoms with Crippen LogP contribution in [0.1, 0.15) is 25.3 Å². The Bertz CT molecular complexity index is 363. The zero-order valence-electron chi connectivity index (χ0n) is 9.90. The van der Waals surface area contributed by atoms with Crippen molar-refractivity contribution in [3.8, 4) is 11.5 Å². The number of nitrogens with two attached hydrogens (primary N) is 1. The van der Waals surface area contributed by atoms with Crippen molar-refractivity contribution in [2.75, 3.05) is 19.8 Å². The second-order valence-electron chi connectivity index (χ2n) is 4.49. The smallest absolute Gasteiger partial charge is 0.161 e. The molecule has 1 atom stereocenters. The van der Waals surface area contributed by atoms with E-state index in [9.17, 15) is 0 Å². The predicted molar refractivity (Wildman–Crippen MR) is 64.1 cm³/mol. The number of hydrogen-bond acceptors (Lipinski definition) is 3. The van der Waals surface area contributed by atoms with E-state index < -0.39 is 0 Å². The van der Waals surface area contributed by atoms with E-state index in [0.717, 1.165) is 11.5 Å². The Morgan fingerprint density at radius 3 is 2.50 bits per heavy atom. The highest BCUT2D eigenvalue weighted by atomic mass is 16.6. The van der Waals surface area contributed by atoms with Crippen molar-refractivity contribution in [1.82, 2.24) is 0 Å². The molecule has 1 aliphatic rings. The van der Waals surface area contributed by atoms with Gasteiger partial charge in [0, 0.05) is 0 Å². The molecule has 0 saturated carbocycles. The van der Waals surface area contributed by atoms with Gasteiger partial charge in [0.15, 0.2) is 11.5 Å². The third-order valence-electron chi connectivity index (χ3n) is 3.05. The second-order valence-corrected chi connectivity index (χ2v) is 4.49. The van der Waals surface area contributed by atoms with Crippen molar-refractivity contribution < 1.29 is 9.47 Å². The molecule has 88 valence electrons. The number of benzene rings is 1. The maximum absolute atomic E-state index is 5.81. The van der Waals surface area contributed by atoms with Crippen LogP contribution in [-0.2, 0) is 0 Å². The van der Waals surface area contributed by atoms with Crippen LogP contribution in [0.15, 0.2) is 18.2 Å². The minimum atomic E-state index is 0.385. The van der Waals surface area contributed by atoms with E-state index in [-0.39, 0.29) is 0 Å². The van der Waals surface area contributed by atoms with E-state index in [2.05, 4.69) is 26.0 Å². The number of hydrogen-bond donors (Lipinski definition) is 1. The highest BCUT2D eigenvalue weighted by Crippen LogP contribution is 2.34. The first-order valence-electron chi connectivity index (χ1n) is 5.82. The molecule has 0 fully saturated rings. The number of fused-ring (bicyclic) bond motifs is 1. The van der Waals surface area contributed by atoms with Crippen molar-refractivity contribution >= 4 is 0 Å². The van der Waals surface area contributed by atoms with Crippen LogP contribution >= 0.6 is 0 Å². The highest BCUT2D eigenvalue weighted by molar-refractivity contribution is 5.45. The van der Waals surface area contributed by atoms with Gasteiger partial charge < -0.3 is 15.2 Å². The number of rotatable bonds is 3. The Kier molecular flexibility index (Phi) is 3.34. The first kappa shape index (κ1) is 11.3. The fourth-order valence-corrected chi connectivity index (χ4v) is 2.08. The van der Waals surface area contributed by atoms with Crippen molar-refractivity contribution in [3.63, 3.8) is 0 Å². The van der Waals surface area contributed by atoms with Gasteiger partial charge in [-0.25, -0.2) is 0 Å². The summed E-state index contributed by atoms with van der Waals surface area (Å²) in [6.07, 6.45) is 0. The molecule has 1 heterocycles. The topological polar surface area (TPSA) is 44.5 Å². The standard InChI is InChI=1S/C13H19NO2/c1-9(2)11(8-14)10-3-4-12-13(7-10)16-6-5-15-12/h3-4,7,9,11H,5-6,8,14H2,1-2H3. The van der Waals surface area contributed by atoms with Crippen LogP contribution in [-0.4, -0.2) is 19.8 Å². The van der Waals surface area contributed by atoms with Crippen molar-refractivity contribution in [2.24, 2.45) is 11.7 Å². The summed E-state index contributed by atoms with van der Waals surface area (Å²) in [7, 11) is 0. The zero-order chi connectivity index (χ0) is 11.5. The fourth-order valence-electron chi connectivity index (χ4n) is 2.08. The van der Waals surface area contributed by atoms with Gasteiger partial charge in [0.2, 0.25) is 0 Å². The third kappa shape index (κ3) is 2.14. The van der Waals surface area contributed by atoms with Gasteiger partial charge in [-0.05, 0) is 36.1 Å². The lowest BCUT2D eigenvalue weighted by Crippen LogP contribution is -2.19. The molecule has 2 rings (SSSR count). The van der Waals surface area contributed by atoms with E-state index in [0.29, 0.717) is 31.6 Å². The molecule has 1 aliphatic heterocycles. The zero-order valence-corrected chi connectivity index (χ0v) is 9.90. The molecule has 1 unspecified atom stereocenters. The molecule has 0 radical (unpaired) electrons. The molecular formula is C13H19NO2. The molecule has 2 N–H and O–H groups in total. The van der Waals surface area contributed by atoms with Gasteiger partial charge in [0.25, 0.3) is 0 Å². The van der Waals surface area contributed by atoms with Crippen LogP contribution in [0.25, 0.3) is 0 Å². The molecule has 0 aliphatic carbocycles. The first-order chi connectivity index (χ1) is 7.72. The van der Waals surface area contributed by atoms with E-state index in [1.165, 1.54) is 5.56 Å². The van der Waals surface area contributed by atoms with Crippen LogP contribution < -0.4 is 15.2 Å². The SMILES string of the molecule is CC(C)C(CN)c1ccc2c(c1)OCCO2. The lowest BCUT2D eigenvalue weighted by molar-refractivity contribution is 0.171. The average molecular weight is 221 g/mol. The Labute approximate surface area is 96.5 Å². The fraction of sp³-hybridized carbons (Fsp3) is 0.538. The predicted octanol–water partition coefficient (Wildman–Crippen LogP) is 2.16. The first-order valence-corrected chi connectivity index (χ1v) is 5.82. The summed E-state index contributed by atoms with van der Waals surface area (Å²) in [6, 6.07) is 6.13. The van der Waals surface area contributed by atoms with E-state index in [1.54, 1.807) is 0 Å². The van der Waals surface area contributed by atoms with E-state index >= 15 is 0 Å². The summed E-state index contributed by atoms with van der Waals surface area (Å²) in [5.74, 6) is 2.61. The molecule has 0 spiro atoms. The van der Waals surface area contributed by atoms with Gasteiger partial charge in [-0.2, -0.15) is 0 Å². The van der Waals surface area contributed by atoms with E-state index in [4.69, 9.17) is 15.2 Å². The molecule has 0 saturated heterocycles. The summed E-state index contributed by atoms with van der Waals surface area (Å²) < 4.78 is 11.1. The van der Waals surface area contributed by atoms with Gasteiger partial charge in [0.1, 0.15) is 13.2 Å². The summed E-state index contributed by atoms with van der Waals surface area (Å²) in [6.45, 7) is 6.31. The summed E-state index contributed by atoms with van der Waals surface area (Å²) >= 11 is 0. The number of ether oxygens (including phenoxy) is 2. The molecule has 0 bridgehead atoms. The van der Waals surface area contributed by atoms with Crippen molar-refractivity contribution in [2.45, 2.75) is 19.8 Å². The monoisotopic (exact) mass is 221 g/mol. The summed E-state index contributed by atoms with van der Waals surface area (Å²) in [5.41, 5.74) is 7.05. The van der Waals surface area contributed by atoms with Crippen molar-refractivity contribution in [3.05, 3.63) is 23.8 Å². The minimum Gasteiger partial charge on any atom is -0.486 e. The second kappa shape index (κ2) is 4.74. The Morgan fingerprint density at radius 1 is 1.19 bits per heavy atom. The molecule has 3 nitrogen and oxygen atoms in total. The lowest BCUT2D eigenvalue weighted by atomic mass is 9.88. The average Bonchev–Trinajstić information content (AvgIpc) is 2.29. The summed E-state index contributed by atoms with van der Waals surface area (Å²) in [5, 5.41) is 0. The van der Waals surface area contributed by atoms with Gasteiger partial charge >= 0.3 is 0 Å². The molecular weight excluding hydrogens is 202 g/mol. The van der Waals surface area contributed by atoms with Crippen LogP contribution in [0.2, 0.25) is 0 Å². The van der Waals surface area contributed by atoms with Crippen LogP contribution in [0.3, 0.4) is 0 Å². The molecule has 16 heavy (non-hydrogen) atoms. The van der Waals surface area contributed by atoms with Gasteiger partial charge in [-0.15, -0.1) is 0 Å². The Morgan fingerprint density at radius 2 is 1.88 bits per heavy atom. The molecule has 1 aromatic carbocycles. The Hall–Kier alpha value is -1.22. The maximum atomic E-state index is 5.81.